The minimum absolute atomic E-state index is 0.0450. The van der Waals surface area contributed by atoms with Gasteiger partial charge in [-0.25, -0.2) is 0 Å². The molecule has 0 spiro atoms. The maximum atomic E-state index is 12.3. The zero-order valence-electron chi connectivity index (χ0n) is 10.2. The van der Waals surface area contributed by atoms with E-state index >= 15 is 0 Å². The van der Waals surface area contributed by atoms with E-state index in [1.807, 2.05) is 0 Å². The molecule has 1 fully saturated rings. The molecule has 7 nitrogen and oxygen atoms in total. The number of hydrogen-bond acceptors (Lipinski definition) is 4. The van der Waals surface area contributed by atoms with Crippen molar-refractivity contribution in [2.24, 2.45) is 0 Å². The minimum atomic E-state index is -4.86. The summed E-state index contributed by atoms with van der Waals surface area (Å²) in [5.74, 6) is -1.85. The zero-order chi connectivity index (χ0) is 14.9. The monoisotopic (exact) mass is 292 g/mol. The highest BCUT2D eigenvalue weighted by Gasteiger charge is 2.43. The van der Waals surface area contributed by atoms with E-state index in [9.17, 15) is 28.1 Å². The van der Waals surface area contributed by atoms with Gasteiger partial charge in [-0.05, 0) is 12.8 Å². The molecular formula is C10H11F3N4O3. The molecule has 20 heavy (non-hydrogen) atoms. The van der Waals surface area contributed by atoms with E-state index in [-0.39, 0.29) is 37.7 Å². The summed E-state index contributed by atoms with van der Waals surface area (Å²) in [6.45, 7) is -0.0899. The molecule has 0 radical (unpaired) electrons. The Morgan fingerprint density at radius 2 is 2.00 bits per heavy atom. The summed E-state index contributed by atoms with van der Waals surface area (Å²) in [5.41, 5.74) is -0.168. The van der Waals surface area contributed by atoms with Crippen LogP contribution in [0.25, 0.3) is 0 Å². The lowest BCUT2D eigenvalue weighted by Crippen LogP contribution is -2.45. The lowest BCUT2D eigenvalue weighted by Gasteiger charge is -2.32. The number of carbonyl (C=O) groups excluding carboxylic acids is 1. The van der Waals surface area contributed by atoms with Crippen molar-refractivity contribution in [3.8, 4) is 0 Å². The van der Waals surface area contributed by atoms with Gasteiger partial charge in [0.15, 0.2) is 0 Å². The molecule has 1 saturated heterocycles. The molecule has 0 bridgehead atoms. The van der Waals surface area contributed by atoms with Crippen molar-refractivity contribution in [3.63, 3.8) is 0 Å². The van der Waals surface area contributed by atoms with Gasteiger partial charge in [-0.2, -0.15) is 18.3 Å². The Morgan fingerprint density at radius 3 is 2.45 bits per heavy atom. The standard InChI is InChI=1S/C10H11F3N4O3/c11-10(12,13)9(18)15-3-1-7(2-4-15)16-6-8(5-14-16)17(19)20/h5-7H,1-4H2. The maximum Gasteiger partial charge on any atom is 0.471 e. The molecule has 1 amide bonds. The molecule has 1 aliphatic heterocycles. The van der Waals surface area contributed by atoms with Crippen LogP contribution >= 0.6 is 0 Å². The highest BCUT2D eigenvalue weighted by molar-refractivity contribution is 5.81. The summed E-state index contributed by atoms with van der Waals surface area (Å²) in [7, 11) is 0. The van der Waals surface area contributed by atoms with Crippen molar-refractivity contribution in [2.45, 2.75) is 25.1 Å². The molecule has 2 rings (SSSR count). The van der Waals surface area contributed by atoms with Crippen LogP contribution in [-0.2, 0) is 4.79 Å². The molecule has 2 heterocycles. The molecule has 0 atom stereocenters. The van der Waals surface area contributed by atoms with Gasteiger partial charge in [0.1, 0.15) is 12.4 Å². The van der Waals surface area contributed by atoms with E-state index in [4.69, 9.17) is 0 Å². The fraction of sp³-hybridized carbons (Fsp3) is 0.600. The Hall–Kier alpha value is -2.13. The number of aromatic nitrogens is 2. The Kier molecular flexibility index (Phi) is 3.64. The first-order chi connectivity index (χ1) is 9.29. The Morgan fingerprint density at radius 1 is 1.40 bits per heavy atom. The van der Waals surface area contributed by atoms with Gasteiger partial charge in [-0.3, -0.25) is 19.6 Å². The van der Waals surface area contributed by atoms with Crippen LogP contribution in [-0.4, -0.2) is 44.8 Å². The second-order valence-electron chi connectivity index (χ2n) is 4.46. The fourth-order valence-electron chi connectivity index (χ4n) is 2.13. The molecule has 1 aromatic rings. The lowest BCUT2D eigenvalue weighted by atomic mass is 10.1. The summed E-state index contributed by atoms with van der Waals surface area (Å²) in [6.07, 6.45) is -1.97. The Balaban J connectivity index is 1.97. The van der Waals surface area contributed by atoms with Crippen LogP contribution in [0.15, 0.2) is 12.4 Å². The number of amides is 1. The largest absolute Gasteiger partial charge is 0.471 e. The molecule has 1 aliphatic rings. The smallest absolute Gasteiger partial charge is 0.335 e. The van der Waals surface area contributed by atoms with Crippen molar-refractivity contribution in [1.29, 1.82) is 0 Å². The lowest BCUT2D eigenvalue weighted by molar-refractivity contribution is -0.385. The number of likely N-dealkylation sites (tertiary alicyclic amines) is 1. The van der Waals surface area contributed by atoms with Gasteiger partial charge < -0.3 is 4.90 Å². The average molecular weight is 292 g/mol. The minimum Gasteiger partial charge on any atom is -0.335 e. The predicted molar refractivity (Wildman–Crippen MR) is 59.8 cm³/mol. The third kappa shape index (κ3) is 2.89. The molecule has 10 heteroatoms. The van der Waals surface area contributed by atoms with Gasteiger partial charge in [0.05, 0.1) is 11.0 Å². The summed E-state index contributed by atoms with van der Waals surface area (Å²) < 4.78 is 38.2. The maximum absolute atomic E-state index is 12.3. The Labute approximate surface area is 111 Å². The van der Waals surface area contributed by atoms with Crippen LogP contribution in [0.5, 0.6) is 0 Å². The molecular weight excluding hydrogens is 281 g/mol. The van der Waals surface area contributed by atoms with Crippen LogP contribution < -0.4 is 0 Å². The summed E-state index contributed by atoms with van der Waals surface area (Å²) in [4.78, 5) is 21.7. The number of piperidine rings is 1. The van der Waals surface area contributed by atoms with Crippen LogP contribution in [0.2, 0.25) is 0 Å². The number of halogens is 3. The molecule has 0 saturated carbocycles. The van der Waals surface area contributed by atoms with Crippen molar-refractivity contribution in [1.82, 2.24) is 14.7 Å². The summed E-state index contributed by atoms with van der Waals surface area (Å²) >= 11 is 0. The van der Waals surface area contributed by atoms with Gasteiger partial charge >= 0.3 is 17.8 Å². The topological polar surface area (TPSA) is 81.3 Å². The second-order valence-corrected chi connectivity index (χ2v) is 4.46. The first-order valence-corrected chi connectivity index (χ1v) is 5.83. The molecule has 0 aliphatic carbocycles. The zero-order valence-corrected chi connectivity index (χ0v) is 10.2. The van der Waals surface area contributed by atoms with Crippen molar-refractivity contribution < 1.29 is 22.9 Å². The summed E-state index contributed by atoms with van der Waals surface area (Å²) in [6, 6.07) is -0.235. The van der Waals surface area contributed by atoms with E-state index in [1.165, 1.54) is 10.9 Å². The number of rotatable bonds is 2. The number of hydrogen-bond donors (Lipinski definition) is 0. The predicted octanol–water partition coefficient (Wildman–Crippen LogP) is 1.52. The van der Waals surface area contributed by atoms with E-state index in [2.05, 4.69) is 5.10 Å². The SMILES string of the molecule is O=C(N1CCC(n2cc([N+](=O)[O-])cn2)CC1)C(F)(F)F. The van der Waals surface area contributed by atoms with Gasteiger partial charge in [0, 0.05) is 13.1 Å². The van der Waals surface area contributed by atoms with Gasteiger partial charge in [-0.1, -0.05) is 0 Å². The van der Waals surface area contributed by atoms with Crippen molar-refractivity contribution >= 4 is 11.6 Å². The van der Waals surface area contributed by atoms with Crippen LogP contribution in [0, 0.1) is 10.1 Å². The van der Waals surface area contributed by atoms with Crippen LogP contribution in [0.4, 0.5) is 18.9 Å². The quantitative estimate of drug-likeness (QED) is 0.611. The highest BCUT2D eigenvalue weighted by Crippen LogP contribution is 2.27. The number of alkyl halides is 3. The number of nitrogens with zero attached hydrogens (tertiary/aromatic N) is 4. The molecule has 0 unspecified atom stereocenters. The normalized spacial score (nSPS) is 17.2. The number of carbonyl (C=O) groups is 1. The fourth-order valence-corrected chi connectivity index (χ4v) is 2.13. The highest BCUT2D eigenvalue weighted by atomic mass is 19.4. The van der Waals surface area contributed by atoms with Gasteiger partial charge in [-0.15, -0.1) is 0 Å². The first-order valence-electron chi connectivity index (χ1n) is 5.83. The van der Waals surface area contributed by atoms with Crippen LogP contribution in [0.1, 0.15) is 18.9 Å². The molecule has 0 aromatic carbocycles. The van der Waals surface area contributed by atoms with Gasteiger partial charge in [0.2, 0.25) is 0 Å². The molecule has 0 N–H and O–H groups in total. The first kappa shape index (κ1) is 14.3. The van der Waals surface area contributed by atoms with E-state index in [1.54, 1.807) is 0 Å². The van der Waals surface area contributed by atoms with E-state index in [0.29, 0.717) is 0 Å². The second kappa shape index (κ2) is 5.10. The molecule has 1 aromatic heterocycles. The van der Waals surface area contributed by atoms with E-state index < -0.39 is 17.0 Å². The molecule has 110 valence electrons. The van der Waals surface area contributed by atoms with Gasteiger partial charge in [0.25, 0.3) is 0 Å². The average Bonchev–Trinajstić information content (AvgIpc) is 2.86. The van der Waals surface area contributed by atoms with Crippen molar-refractivity contribution in [2.75, 3.05) is 13.1 Å². The Bertz CT molecular complexity index is 520. The summed E-state index contributed by atoms with van der Waals surface area (Å²) in [5, 5.41) is 14.4. The number of nitro groups is 1. The van der Waals surface area contributed by atoms with Crippen LogP contribution in [0.3, 0.4) is 0 Å². The third-order valence-corrected chi connectivity index (χ3v) is 3.17. The van der Waals surface area contributed by atoms with Crippen molar-refractivity contribution in [3.05, 3.63) is 22.5 Å². The third-order valence-electron chi connectivity index (χ3n) is 3.17. The van der Waals surface area contributed by atoms with E-state index in [0.717, 1.165) is 11.1 Å².